The highest BCUT2D eigenvalue weighted by Crippen LogP contribution is 2.37. The van der Waals surface area contributed by atoms with Gasteiger partial charge < -0.3 is 9.47 Å². The lowest BCUT2D eigenvalue weighted by Crippen LogP contribution is -2.51. The fraction of sp³-hybridized carbons (Fsp3) is 0.583. The lowest BCUT2D eigenvalue weighted by Gasteiger charge is -2.41. The van der Waals surface area contributed by atoms with E-state index in [0.29, 0.717) is 17.9 Å². The molecule has 1 saturated carbocycles. The number of ketones is 1. The number of carbonyl (C=O) groups excluding carboxylic acids is 2. The van der Waals surface area contributed by atoms with Gasteiger partial charge in [0.1, 0.15) is 18.0 Å². The monoisotopic (exact) mass is 386 g/mol. The molecule has 0 N–H and O–H groups in total. The van der Waals surface area contributed by atoms with Gasteiger partial charge in [0.25, 0.3) is 0 Å². The number of hydrogen-bond donors (Lipinski definition) is 0. The average Bonchev–Trinajstić information content (AvgIpc) is 2.68. The van der Waals surface area contributed by atoms with Crippen LogP contribution in [0.15, 0.2) is 42.0 Å². The molecule has 0 spiro atoms. The molecule has 4 heteroatoms. The van der Waals surface area contributed by atoms with E-state index in [1.165, 1.54) is 0 Å². The minimum Gasteiger partial charge on any atom is -0.456 e. The third kappa shape index (κ3) is 5.54. The first-order valence-electron chi connectivity index (χ1n) is 10.4. The lowest BCUT2D eigenvalue weighted by atomic mass is 9.72. The van der Waals surface area contributed by atoms with Crippen molar-refractivity contribution < 1.29 is 19.1 Å². The molecule has 1 aliphatic carbocycles. The van der Waals surface area contributed by atoms with Crippen LogP contribution >= 0.6 is 0 Å². The van der Waals surface area contributed by atoms with Crippen LogP contribution in [-0.4, -0.2) is 31.1 Å². The maximum atomic E-state index is 12.9. The summed E-state index contributed by atoms with van der Waals surface area (Å²) in [5.41, 5.74) is 1.54. The molecule has 4 atom stereocenters. The van der Waals surface area contributed by atoms with Crippen molar-refractivity contribution in [3.05, 3.63) is 47.5 Å². The van der Waals surface area contributed by atoms with Crippen LogP contribution in [0.2, 0.25) is 0 Å². The van der Waals surface area contributed by atoms with Gasteiger partial charge in [0.2, 0.25) is 0 Å². The second-order valence-corrected chi connectivity index (χ2v) is 8.17. The SMILES string of the molecule is CCC1CC(=O)C(/C(C)=C/CCC(C)C)C(OC)C1OC(=O)c1ccccc1. The van der Waals surface area contributed by atoms with E-state index in [0.717, 1.165) is 24.8 Å². The minimum absolute atomic E-state index is 0.0233. The van der Waals surface area contributed by atoms with Gasteiger partial charge in [-0.3, -0.25) is 4.79 Å². The van der Waals surface area contributed by atoms with Crippen LogP contribution in [0.4, 0.5) is 0 Å². The van der Waals surface area contributed by atoms with Crippen LogP contribution in [-0.2, 0) is 14.3 Å². The van der Waals surface area contributed by atoms with Gasteiger partial charge in [0.15, 0.2) is 0 Å². The van der Waals surface area contributed by atoms with E-state index in [1.807, 2.05) is 32.0 Å². The number of esters is 1. The predicted molar refractivity (Wildman–Crippen MR) is 111 cm³/mol. The Kier molecular flexibility index (Phi) is 8.43. The van der Waals surface area contributed by atoms with E-state index in [2.05, 4.69) is 19.9 Å². The van der Waals surface area contributed by atoms with Gasteiger partial charge in [-0.2, -0.15) is 0 Å². The Bertz CT molecular complexity index is 677. The molecule has 2 rings (SSSR count). The number of hydrogen-bond acceptors (Lipinski definition) is 4. The number of rotatable bonds is 8. The molecule has 1 aliphatic rings. The van der Waals surface area contributed by atoms with E-state index in [4.69, 9.17) is 9.47 Å². The fourth-order valence-corrected chi connectivity index (χ4v) is 4.00. The summed E-state index contributed by atoms with van der Waals surface area (Å²) in [6.07, 6.45) is 4.48. The fourth-order valence-electron chi connectivity index (χ4n) is 4.00. The highest BCUT2D eigenvalue weighted by molar-refractivity contribution is 5.90. The number of benzene rings is 1. The van der Waals surface area contributed by atoms with Crippen LogP contribution in [0.25, 0.3) is 0 Å². The molecular weight excluding hydrogens is 352 g/mol. The molecule has 1 aromatic carbocycles. The van der Waals surface area contributed by atoms with Crippen LogP contribution in [0.3, 0.4) is 0 Å². The second-order valence-electron chi connectivity index (χ2n) is 8.17. The molecule has 0 aromatic heterocycles. The standard InChI is InChI=1S/C24H34O4/c1-6-18-15-20(25)21(17(4)12-10-11-16(2)3)23(27-5)22(18)28-24(26)19-13-8-7-9-14-19/h7-9,12-14,16,18,21-23H,6,10-11,15H2,1-5H3/b17-12+. The summed E-state index contributed by atoms with van der Waals surface area (Å²) < 4.78 is 11.7. The Morgan fingerprint density at radius 3 is 2.46 bits per heavy atom. The van der Waals surface area contributed by atoms with Crippen LogP contribution < -0.4 is 0 Å². The number of ether oxygens (including phenoxy) is 2. The van der Waals surface area contributed by atoms with Gasteiger partial charge in [-0.1, -0.05) is 50.6 Å². The summed E-state index contributed by atoms with van der Waals surface area (Å²) in [6.45, 7) is 8.41. The molecule has 28 heavy (non-hydrogen) atoms. The first kappa shape index (κ1) is 22.4. The first-order valence-corrected chi connectivity index (χ1v) is 10.4. The zero-order valence-electron chi connectivity index (χ0n) is 17.8. The second kappa shape index (κ2) is 10.6. The summed E-state index contributed by atoms with van der Waals surface area (Å²) in [6, 6.07) is 8.98. The Balaban J connectivity index is 2.23. The van der Waals surface area contributed by atoms with Crippen LogP contribution in [0.1, 0.15) is 63.7 Å². The largest absolute Gasteiger partial charge is 0.456 e. The number of Topliss-reactive ketones (excluding diaryl/α,β-unsaturated/α-hetero) is 1. The zero-order valence-corrected chi connectivity index (χ0v) is 17.8. The minimum atomic E-state index is -0.450. The Hall–Kier alpha value is -1.94. The maximum absolute atomic E-state index is 12.9. The van der Waals surface area contributed by atoms with Crippen LogP contribution in [0.5, 0.6) is 0 Å². The van der Waals surface area contributed by atoms with E-state index >= 15 is 0 Å². The topological polar surface area (TPSA) is 52.6 Å². The quantitative estimate of drug-likeness (QED) is 0.454. The van der Waals surface area contributed by atoms with Gasteiger partial charge in [-0.05, 0) is 44.2 Å². The first-order chi connectivity index (χ1) is 13.4. The molecular formula is C24H34O4. The zero-order chi connectivity index (χ0) is 20.7. The number of methoxy groups -OCH3 is 1. The summed E-state index contributed by atoms with van der Waals surface area (Å²) in [5.74, 6) is 0.0661. The molecule has 154 valence electrons. The van der Waals surface area contributed by atoms with Gasteiger partial charge >= 0.3 is 5.97 Å². The van der Waals surface area contributed by atoms with Gasteiger partial charge in [0, 0.05) is 19.4 Å². The maximum Gasteiger partial charge on any atom is 0.338 e. The molecule has 0 heterocycles. The Labute approximate surface area is 169 Å². The van der Waals surface area contributed by atoms with E-state index in [-0.39, 0.29) is 23.6 Å². The van der Waals surface area contributed by atoms with Crippen LogP contribution in [0, 0.1) is 17.8 Å². The highest BCUT2D eigenvalue weighted by Gasteiger charge is 2.46. The lowest BCUT2D eigenvalue weighted by molar-refractivity contribution is -0.144. The molecule has 0 radical (unpaired) electrons. The third-order valence-corrected chi connectivity index (χ3v) is 5.68. The van der Waals surface area contributed by atoms with Crippen molar-refractivity contribution in [3.63, 3.8) is 0 Å². The molecule has 1 fully saturated rings. The van der Waals surface area contributed by atoms with Crippen molar-refractivity contribution in [2.75, 3.05) is 7.11 Å². The molecule has 4 unspecified atom stereocenters. The van der Waals surface area contributed by atoms with Crippen molar-refractivity contribution in [1.82, 2.24) is 0 Å². The predicted octanol–water partition coefficient (Wildman–Crippen LogP) is 5.22. The number of carbonyl (C=O) groups is 2. The van der Waals surface area contributed by atoms with E-state index < -0.39 is 12.2 Å². The Morgan fingerprint density at radius 1 is 1.21 bits per heavy atom. The molecule has 0 saturated heterocycles. The van der Waals surface area contributed by atoms with Crippen molar-refractivity contribution >= 4 is 11.8 Å². The third-order valence-electron chi connectivity index (χ3n) is 5.68. The van der Waals surface area contributed by atoms with E-state index in [1.54, 1.807) is 19.2 Å². The molecule has 0 bridgehead atoms. The average molecular weight is 387 g/mol. The van der Waals surface area contributed by atoms with Crippen molar-refractivity contribution in [2.24, 2.45) is 17.8 Å². The molecule has 0 aliphatic heterocycles. The Morgan fingerprint density at radius 2 is 1.89 bits per heavy atom. The normalized spacial score (nSPS) is 25.8. The van der Waals surface area contributed by atoms with Gasteiger partial charge in [0.05, 0.1) is 11.5 Å². The van der Waals surface area contributed by atoms with Gasteiger partial charge in [-0.15, -0.1) is 0 Å². The molecule has 1 aromatic rings. The molecule has 4 nitrogen and oxygen atoms in total. The number of allylic oxidation sites excluding steroid dienone is 1. The summed E-state index contributed by atoms with van der Waals surface area (Å²) in [4.78, 5) is 25.6. The summed E-state index contributed by atoms with van der Waals surface area (Å²) >= 11 is 0. The summed E-state index contributed by atoms with van der Waals surface area (Å²) in [5, 5.41) is 0. The van der Waals surface area contributed by atoms with Gasteiger partial charge in [-0.25, -0.2) is 4.79 Å². The molecule has 0 amide bonds. The smallest absolute Gasteiger partial charge is 0.338 e. The van der Waals surface area contributed by atoms with Crippen molar-refractivity contribution in [1.29, 1.82) is 0 Å². The van der Waals surface area contributed by atoms with Crippen molar-refractivity contribution in [3.8, 4) is 0 Å². The highest BCUT2D eigenvalue weighted by atomic mass is 16.6. The van der Waals surface area contributed by atoms with Crippen molar-refractivity contribution in [2.45, 2.75) is 65.6 Å². The van der Waals surface area contributed by atoms with E-state index in [9.17, 15) is 9.59 Å². The summed E-state index contributed by atoms with van der Waals surface area (Å²) in [7, 11) is 1.60.